The number of aryl methyl sites for hydroxylation is 1. The van der Waals surface area contributed by atoms with Crippen molar-refractivity contribution in [1.82, 2.24) is 0 Å². The predicted octanol–water partition coefficient (Wildman–Crippen LogP) is 3.56. The predicted molar refractivity (Wildman–Crippen MR) is 84.3 cm³/mol. The van der Waals surface area contributed by atoms with Gasteiger partial charge in [-0.1, -0.05) is 13.0 Å². The van der Waals surface area contributed by atoms with Crippen LogP contribution in [-0.2, 0) is 6.42 Å². The van der Waals surface area contributed by atoms with E-state index in [1.54, 1.807) is 0 Å². The van der Waals surface area contributed by atoms with Gasteiger partial charge in [-0.2, -0.15) is 5.10 Å². The second-order valence-electron chi connectivity index (χ2n) is 7.37. The largest absolute Gasteiger partial charge is 0.508 e. The van der Waals surface area contributed by atoms with Gasteiger partial charge in [-0.15, -0.1) is 0 Å². The van der Waals surface area contributed by atoms with Crippen molar-refractivity contribution < 1.29 is 5.11 Å². The van der Waals surface area contributed by atoms with Crippen LogP contribution in [0.5, 0.6) is 5.75 Å². The van der Waals surface area contributed by atoms with Crippen LogP contribution in [0.2, 0.25) is 0 Å². The Morgan fingerprint density at radius 3 is 2.90 bits per heavy atom. The summed E-state index contributed by atoms with van der Waals surface area (Å²) >= 11 is 0. The second-order valence-corrected chi connectivity index (χ2v) is 7.37. The first-order chi connectivity index (χ1) is 10.1. The average Bonchev–Trinajstić information content (AvgIpc) is 2.83. The highest BCUT2D eigenvalue weighted by molar-refractivity contribution is 5.92. The number of aromatic hydroxyl groups is 1. The topological polar surface area (TPSA) is 58.6 Å². The third-order valence-corrected chi connectivity index (χ3v) is 6.61. The van der Waals surface area contributed by atoms with Crippen LogP contribution in [-0.4, -0.2) is 10.8 Å². The third-order valence-electron chi connectivity index (χ3n) is 6.61. The molecule has 4 unspecified atom stereocenters. The first kappa shape index (κ1) is 13.2. The van der Waals surface area contributed by atoms with Crippen LogP contribution in [0.1, 0.15) is 56.1 Å². The van der Waals surface area contributed by atoms with E-state index in [0.717, 1.165) is 24.7 Å². The number of hydrogen-bond acceptors (Lipinski definition) is 3. The minimum absolute atomic E-state index is 0.240. The summed E-state index contributed by atoms with van der Waals surface area (Å²) < 4.78 is 0. The lowest BCUT2D eigenvalue weighted by Crippen LogP contribution is -2.42. The molecular weight excluding hydrogens is 260 g/mol. The fourth-order valence-corrected chi connectivity index (χ4v) is 5.57. The maximum absolute atomic E-state index is 9.71. The lowest BCUT2D eigenvalue weighted by atomic mass is 9.55. The first-order valence-corrected chi connectivity index (χ1v) is 8.22. The molecule has 0 bridgehead atoms. The highest BCUT2D eigenvalue weighted by atomic mass is 16.3. The molecule has 2 fully saturated rings. The molecule has 0 spiro atoms. The lowest BCUT2D eigenvalue weighted by Gasteiger charge is -2.49. The molecule has 0 aliphatic heterocycles. The first-order valence-electron chi connectivity index (χ1n) is 8.22. The number of rotatable bonds is 0. The molecule has 3 N–H and O–H groups in total. The van der Waals surface area contributed by atoms with Gasteiger partial charge in [0.1, 0.15) is 5.75 Å². The maximum atomic E-state index is 9.71. The zero-order chi connectivity index (χ0) is 14.6. The molecule has 1 aromatic rings. The molecule has 0 aromatic heterocycles. The molecule has 1 aromatic carbocycles. The Balaban J connectivity index is 1.72. The lowest BCUT2D eigenvalue weighted by molar-refractivity contribution is 0.0955. The van der Waals surface area contributed by atoms with Gasteiger partial charge in [0, 0.05) is 11.1 Å². The minimum atomic E-state index is 0.240. The van der Waals surface area contributed by atoms with Crippen molar-refractivity contribution in [2.75, 3.05) is 0 Å². The van der Waals surface area contributed by atoms with Crippen LogP contribution in [0.15, 0.2) is 23.3 Å². The smallest absolute Gasteiger partial charge is 0.115 e. The minimum Gasteiger partial charge on any atom is -0.508 e. The zero-order valence-corrected chi connectivity index (χ0v) is 12.7. The van der Waals surface area contributed by atoms with Crippen molar-refractivity contribution >= 4 is 5.71 Å². The molecule has 4 rings (SSSR count). The second kappa shape index (κ2) is 4.49. The summed E-state index contributed by atoms with van der Waals surface area (Å²) in [5.74, 6) is 8.23. The number of phenolic OH excluding ortho intramolecular Hbond substituents is 1. The van der Waals surface area contributed by atoms with Gasteiger partial charge >= 0.3 is 0 Å². The molecule has 21 heavy (non-hydrogen) atoms. The van der Waals surface area contributed by atoms with Crippen molar-refractivity contribution in [1.29, 1.82) is 0 Å². The number of fused-ring (bicyclic) bond motifs is 5. The van der Waals surface area contributed by atoms with E-state index in [0.29, 0.717) is 11.7 Å². The fourth-order valence-electron chi connectivity index (χ4n) is 5.57. The van der Waals surface area contributed by atoms with Crippen LogP contribution >= 0.6 is 0 Å². The number of phenols is 1. The molecule has 3 heteroatoms. The van der Waals surface area contributed by atoms with Crippen LogP contribution < -0.4 is 5.84 Å². The molecule has 0 radical (unpaired) electrons. The van der Waals surface area contributed by atoms with Crippen LogP contribution in [0.25, 0.3) is 0 Å². The van der Waals surface area contributed by atoms with E-state index in [1.165, 1.54) is 42.5 Å². The van der Waals surface area contributed by atoms with Gasteiger partial charge in [0.05, 0.1) is 0 Å². The summed E-state index contributed by atoms with van der Waals surface area (Å²) in [7, 11) is 0. The van der Waals surface area contributed by atoms with Crippen molar-refractivity contribution in [3.8, 4) is 5.75 Å². The van der Waals surface area contributed by atoms with E-state index in [4.69, 9.17) is 5.84 Å². The molecule has 0 saturated heterocycles. The molecule has 0 amide bonds. The van der Waals surface area contributed by atoms with E-state index >= 15 is 0 Å². The normalized spacial score (nSPS) is 39.7. The average molecular weight is 284 g/mol. The van der Waals surface area contributed by atoms with E-state index in [1.807, 2.05) is 12.1 Å². The van der Waals surface area contributed by atoms with Gasteiger partial charge in [-0.3, -0.25) is 0 Å². The Morgan fingerprint density at radius 1 is 1.24 bits per heavy atom. The van der Waals surface area contributed by atoms with E-state index in [9.17, 15) is 5.11 Å². The third kappa shape index (κ3) is 1.76. The van der Waals surface area contributed by atoms with Gasteiger partial charge in [0.25, 0.3) is 0 Å². The molecule has 0 heterocycles. The summed E-state index contributed by atoms with van der Waals surface area (Å²) in [6.07, 6.45) is 7.12. The Kier molecular flexibility index (Phi) is 2.82. The van der Waals surface area contributed by atoms with Gasteiger partial charge < -0.3 is 10.9 Å². The van der Waals surface area contributed by atoms with Crippen molar-refractivity contribution in [3.63, 3.8) is 0 Å². The van der Waals surface area contributed by atoms with Crippen LogP contribution in [0.3, 0.4) is 0 Å². The molecule has 3 aliphatic carbocycles. The van der Waals surface area contributed by atoms with Gasteiger partial charge in [-0.25, -0.2) is 0 Å². The highest BCUT2D eigenvalue weighted by Crippen LogP contribution is 2.59. The van der Waals surface area contributed by atoms with Crippen LogP contribution in [0, 0.1) is 17.3 Å². The van der Waals surface area contributed by atoms with Crippen molar-refractivity contribution in [3.05, 3.63) is 29.3 Å². The summed E-state index contributed by atoms with van der Waals surface area (Å²) in [5, 5.41) is 13.8. The Morgan fingerprint density at radius 2 is 2.10 bits per heavy atom. The molecule has 4 atom stereocenters. The number of nitrogens with zero attached hydrogens (tertiary/aromatic N) is 1. The monoisotopic (exact) mass is 284 g/mol. The summed E-state index contributed by atoms with van der Waals surface area (Å²) in [6.45, 7) is 2.39. The van der Waals surface area contributed by atoms with Gasteiger partial charge in [0.2, 0.25) is 0 Å². The molecule has 2 saturated carbocycles. The number of benzene rings is 1. The number of nitrogens with two attached hydrogens (primary N) is 1. The fraction of sp³-hybridized carbons (Fsp3) is 0.611. The zero-order valence-electron chi connectivity index (χ0n) is 12.7. The van der Waals surface area contributed by atoms with Crippen LogP contribution in [0.4, 0.5) is 0 Å². The quantitative estimate of drug-likeness (QED) is 0.565. The Hall–Kier alpha value is -1.51. The molecule has 112 valence electrons. The van der Waals surface area contributed by atoms with Gasteiger partial charge in [0.15, 0.2) is 0 Å². The van der Waals surface area contributed by atoms with E-state index in [2.05, 4.69) is 18.1 Å². The summed E-state index contributed by atoms with van der Waals surface area (Å²) in [4.78, 5) is 0. The van der Waals surface area contributed by atoms with E-state index in [-0.39, 0.29) is 5.41 Å². The standard InChI is InChI=1S/C18H24N2O/c1-18-9-8-14-13-5-3-12(21)10-11(13)2-4-15(14)16(18)6-7-17(18)20-19/h3,5,10,14-16,21H,2,4,6-9,19H2,1H3/b20-17+. The summed E-state index contributed by atoms with van der Waals surface area (Å²) in [5.41, 5.74) is 4.35. The SMILES string of the molecule is CC12CCC3c4ccc(O)cc4CCC3C1CC/C2=N\N. The number of hydrazone groups is 1. The maximum Gasteiger partial charge on any atom is 0.115 e. The Labute approximate surface area is 126 Å². The van der Waals surface area contributed by atoms with Gasteiger partial charge in [-0.05, 0) is 79.5 Å². The summed E-state index contributed by atoms with van der Waals surface area (Å²) in [6, 6.07) is 5.99. The van der Waals surface area contributed by atoms with Crippen molar-refractivity contribution in [2.45, 2.75) is 51.4 Å². The Bertz CT molecular complexity index is 609. The molecule has 3 aliphatic rings. The number of hydrogen-bond donors (Lipinski definition) is 2. The van der Waals surface area contributed by atoms with Crippen molar-refractivity contribution in [2.24, 2.45) is 28.2 Å². The molecular formula is C18H24N2O. The molecule has 3 nitrogen and oxygen atoms in total. The highest BCUT2D eigenvalue weighted by Gasteiger charge is 2.53. The van der Waals surface area contributed by atoms with E-state index < -0.39 is 0 Å².